The van der Waals surface area contributed by atoms with Crippen molar-refractivity contribution in [1.29, 1.82) is 0 Å². The maximum Gasteiger partial charge on any atom is 0.141 e. The molecule has 68 valence electrons. The number of hydrogen-bond acceptors (Lipinski definition) is 2. The smallest absolute Gasteiger partial charge is 0.141 e. The molecule has 1 aromatic rings. The van der Waals surface area contributed by atoms with E-state index < -0.39 is 0 Å². The van der Waals surface area contributed by atoms with Gasteiger partial charge in [0, 0.05) is 0 Å². The molecule has 0 saturated heterocycles. The number of methoxy groups -OCH3 is 1. The van der Waals surface area contributed by atoms with E-state index in [-0.39, 0.29) is 0 Å². The number of rotatable bonds is 3. The molecule has 0 aliphatic rings. The summed E-state index contributed by atoms with van der Waals surface area (Å²) in [5.74, 6) is 3.34. The van der Waals surface area contributed by atoms with E-state index in [4.69, 9.17) is 11.2 Å². The van der Waals surface area contributed by atoms with Crippen LogP contribution in [0.1, 0.15) is 5.56 Å². The van der Waals surface area contributed by atoms with Crippen molar-refractivity contribution in [2.24, 2.45) is 0 Å². The number of ether oxygens (including phenoxy) is 1. The van der Waals surface area contributed by atoms with Crippen molar-refractivity contribution in [2.45, 2.75) is 6.92 Å². The molecule has 0 fully saturated rings. The zero-order valence-corrected chi connectivity index (χ0v) is 7.92. The molecule has 0 aliphatic carbocycles. The lowest BCUT2D eigenvalue weighted by atomic mass is 10.2. The molecule has 1 rings (SSSR count). The largest absolute Gasteiger partial charge is 0.495 e. The van der Waals surface area contributed by atoms with Gasteiger partial charge in [-0.15, -0.1) is 6.42 Å². The predicted octanol–water partition coefficient (Wildman–Crippen LogP) is 2.05. The number of terminal acetylenes is 1. The third-order valence-electron chi connectivity index (χ3n) is 1.74. The highest BCUT2D eigenvalue weighted by molar-refractivity contribution is 5.58. The van der Waals surface area contributed by atoms with E-state index in [9.17, 15) is 0 Å². The van der Waals surface area contributed by atoms with Gasteiger partial charge in [0.25, 0.3) is 0 Å². The second kappa shape index (κ2) is 4.42. The average Bonchev–Trinajstić information content (AvgIpc) is 2.15. The van der Waals surface area contributed by atoms with Gasteiger partial charge < -0.3 is 10.1 Å². The molecule has 0 bridgehead atoms. The Morgan fingerprint density at radius 1 is 1.54 bits per heavy atom. The molecule has 0 unspecified atom stereocenters. The zero-order chi connectivity index (χ0) is 9.68. The summed E-state index contributed by atoms with van der Waals surface area (Å²) in [6.07, 6.45) is 5.15. The topological polar surface area (TPSA) is 21.3 Å². The quantitative estimate of drug-likeness (QED) is 0.710. The third kappa shape index (κ3) is 2.41. The molecule has 0 aromatic heterocycles. The molecule has 0 spiro atoms. The Hall–Kier alpha value is -1.62. The minimum Gasteiger partial charge on any atom is -0.495 e. The fourth-order valence-electron chi connectivity index (χ4n) is 1.11. The molecule has 1 N–H and O–H groups in total. The summed E-state index contributed by atoms with van der Waals surface area (Å²) < 4.78 is 5.17. The van der Waals surface area contributed by atoms with Crippen LogP contribution in [0.3, 0.4) is 0 Å². The Morgan fingerprint density at radius 2 is 2.31 bits per heavy atom. The third-order valence-corrected chi connectivity index (χ3v) is 1.74. The van der Waals surface area contributed by atoms with Crippen LogP contribution < -0.4 is 10.1 Å². The van der Waals surface area contributed by atoms with Crippen molar-refractivity contribution < 1.29 is 4.74 Å². The van der Waals surface area contributed by atoms with E-state index in [1.54, 1.807) is 7.11 Å². The van der Waals surface area contributed by atoms with Crippen LogP contribution in [0.5, 0.6) is 5.75 Å². The summed E-state index contributed by atoms with van der Waals surface area (Å²) in [5.41, 5.74) is 2.13. The number of anilines is 1. The molecule has 2 heteroatoms. The number of hydrogen-bond donors (Lipinski definition) is 1. The van der Waals surface area contributed by atoms with Gasteiger partial charge in [-0.2, -0.15) is 0 Å². The van der Waals surface area contributed by atoms with Gasteiger partial charge in [0.1, 0.15) is 5.75 Å². The highest BCUT2D eigenvalue weighted by Gasteiger charge is 2.00. The normalized spacial score (nSPS) is 9.00. The second-order valence-electron chi connectivity index (χ2n) is 2.76. The van der Waals surface area contributed by atoms with Crippen LogP contribution in [0.4, 0.5) is 5.69 Å². The Labute approximate surface area is 78.9 Å². The lowest BCUT2D eigenvalue weighted by Crippen LogP contribution is -2.00. The molecular formula is C11H13NO. The predicted molar refractivity (Wildman–Crippen MR) is 55.1 cm³/mol. The summed E-state index contributed by atoms with van der Waals surface area (Å²) in [7, 11) is 1.64. The second-order valence-corrected chi connectivity index (χ2v) is 2.76. The van der Waals surface area contributed by atoms with Crippen LogP contribution in [0, 0.1) is 19.3 Å². The van der Waals surface area contributed by atoms with Crippen LogP contribution in [-0.2, 0) is 0 Å². The van der Waals surface area contributed by atoms with Gasteiger partial charge >= 0.3 is 0 Å². The summed E-state index contributed by atoms with van der Waals surface area (Å²) in [4.78, 5) is 0. The first kappa shape index (κ1) is 9.47. The van der Waals surface area contributed by atoms with Crippen molar-refractivity contribution in [2.75, 3.05) is 19.0 Å². The van der Waals surface area contributed by atoms with Crippen LogP contribution >= 0.6 is 0 Å². The molecule has 0 amide bonds. The standard InChI is InChI=1S/C11H13NO/c1-4-7-12-10-8-9(2)5-6-11(10)13-3/h1,5-6,8,12H,7H2,2-3H3. The molecule has 0 saturated carbocycles. The fraction of sp³-hybridized carbons (Fsp3) is 0.273. The molecule has 13 heavy (non-hydrogen) atoms. The molecule has 0 aliphatic heterocycles. The van der Waals surface area contributed by atoms with Crippen molar-refractivity contribution in [3.05, 3.63) is 23.8 Å². The van der Waals surface area contributed by atoms with E-state index in [0.29, 0.717) is 6.54 Å². The first-order valence-electron chi connectivity index (χ1n) is 4.10. The maximum absolute atomic E-state index is 5.17. The summed E-state index contributed by atoms with van der Waals surface area (Å²) in [6, 6.07) is 5.93. The van der Waals surface area contributed by atoms with Gasteiger partial charge in [-0.05, 0) is 24.6 Å². The molecular weight excluding hydrogens is 162 g/mol. The van der Waals surface area contributed by atoms with Crippen LogP contribution in [0.2, 0.25) is 0 Å². The summed E-state index contributed by atoms with van der Waals surface area (Å²) >= 11 is 0. The van der Waals surface area contributed by atoms with Gasteiger partial charge in [0.05, 0.1) is 19.3 Å². The Kier molecular flexibility index (Phi) is 3.22. The van der Waals surface area contributed by atoms with Gasteiger partial charge in [-0.25, -0.2) is 0 Å². The SMILES string of the molecule is C#CCNc1cc(C)ccc1OC. The Morgan fingerprint density at radius 3 is 2.92 bits per heavy atom. The van der Waals surface area contributed by atoms with Crippen molar-refractivity contribution >= 4 is 5.69 Å². The Balaban J connectivity index is 2.89. The monoisotopic (exact) mass is 175 g/mol. The van der Waals surface area contributed by atoms with E-state index in [2.05, 4.69) is 11.2 Å². The molecule has 0 heterocycles. The lowest BCUT2D eigenvalue weighted by molar-refractivity contribution is 0.416. The molecule has 1 aromatic carbocycles. The van der Waals surface area contributed by atoms with E-state index in [0.717, 1.165) is 11.4 Å². The summed E-state index contributed by atoms with van der Waals surface area (Å²) in [5, 5.41) is 3.09. The molecule has 0 radical (unpaired) electrons. The highest BCUT2D eigenvalue weighted by Crippen LogP contribution is 2.24. The minimum atomic E-state index is 0.514. The number of benzene rings is 1. The first-order valence-corrected chi connectivity index (χ1v) is 4.10. The zero-order valence-electron chi connectivity index (χ0n) is 7.92. The maximum atomic E-state index is 5.17. The minimum absolute atomic E-state index is 0.514. The average molecular weight is 175 g/mol. The van der Waals surface area contributed by atoms with Crippen molar-refractivity contribution in [1.82, 2.24) is 0 Å². The van der Waals surface area contributed by atoms with E-state index in [1.807, 2.05) is 25.1 Å². The Bertz CT molecular complexity index is 325. The summed E-state index contributed by atoms with van der Waals surface area (Å²) in [6.45, 7) is 2.54. The van der Waals surface area contributed by atoms with Gasteiger partial charge in [0.2, 0.25) is 0 Å². The molecule has 0 atom stereocenters. The van der Waals surface area contributed by atoms with Gasteiger partial charge in [-0.3, -0.25) is 0 Å². The number of nitrogens with one attached hydrogen (secondary N) is 1. The van der Waals surface area contributed by atoms with Crippen molar-refractivity contribution in [3.63, 3.8) is 0 Å². The van der Waals surface area contributed by atoms with Gasteiger partial charge in [0.15, 0.2) is 0 Å². The molecule has 2 nitrogen and oxygen atoms in total. The van der Waals surface area contributed by atoms with Crippen LogP contribution in [0.15, 0.2) is 18.2 Å². The van der Waals surface area contributed by atoms with Gasteiger partial charge in [-0.1, -0.05) is 12.0 Å². The highest BCUT2D eigenvalue weighted by atomic mass is 16.5. The fourth-order valence-corrected chi connectivity index (χ4v) is 1.11. The van der Waals surface area contributed by atoms with E-state index >= 15 is 0 Å². The first-order chi connectivity index (χ1) is 6.27. The lowest BCUT2D eigenvalue weighted by Gasteiger charge is -2.09. The number of aryl methyl sites for hydroxylation is 1. The van der Waals surface area contributed by atoms with E-state index in [1.165, 1.54) is 5.56 Å². The van der Waals surface area contributed by atoms with Crippen LogP contribution in [0.25, 0.3) is 0 Å². The van der Waals surface area contributed by atoms with Crippen LogP contribution in [-0.4, -0.2) is 13.7 Å². The van der Waals surface area contributed by atoms with Crippen molar-refractivity contribution in [3.8, 4) is 18.1 Å².